The normalized spacial score (nSPS) is 21.5. The number of methoxy groups -OCH3 is 1. The lowest BCUT2D eigenvalue weighted by Crippen LogP contribution is -2.19. The highest BCUT2D eigenvalue weighted by atomic mass is 16.5. The van der Waals surface area contributed by atoms with Crippen LogP contribution < -0.4 is 10.1 Å². The summed E-state index contributed by atoms with van der Waals surface area (Å²) in [4.78, 5) is 0. The molecule has 2 atom stereocenters. The first-order chi connectivity index (χ1) is 8.26. The molecule has 2 rings (SSSR count). The van der Waals surface area contributed by atoms with Gasteiger partial charge in [0.05, 0.1) is 13.7 Å². The number of hydrogen-bond acceptors (Lipinski definition) is 3. The van der Waals surface area contributed by atoms with E-state index < -0.39 is 0 Å². The highest BCUT2D eigenvalue weighted by Gasteiger charge is 2.25. The summed E-state index contributed by atoms with van der Waals surface area (Å²) in [7, 11) is 1.69. The van der Waals surface area contributed by atoms with Crippen LogP contribution in [0.3, 0.4) is 0 Å². The first-order valence-electron chi connectivity index (χ1n) is 6.22. The van der Waals surface area contributed by atoms with Crippen molar-refractivity contribution in [3.8, 4) is 5.75 Å². The van der Waals surface area contributed by atoms with Gasteiger partial charge in [-0.05, 0) is 49.5 Å². The van der Waals surface area contributed by atoms with E-state index in [2.05, 4.69) is 17.4 Å². The maximum atomic E-state index is 9.60. The Morgan fingerprint density at radius 2 is 2.35 bits per heavy atom. The summed E-state index contributed by atoms with van der Waals surface area (Å²) < 4.78 is 5.26. The van der Waals surface area contributed by atoms with Crippen molar-refractivity contribution in [2.75, 3.05) is 26.8 Å². The van der Waals surface area contributed by atoms with Crippen LogP contribution in [0.1, 0.15) is 23.5 Å². The molecule has 0 bridgehead atoms. The van der Waals surface area contributed by atoms with E-state index in [9.17, 15) is 5.11 Å². The Bertz CT molecular complexity index is 372. The van der Waals surface area contributed by atoms with E-state index in [1.165, 1.54) is 5.56 Å². The summed E-state index contributed by atoms with van der Waals surface area (Å²) in [5, 5.41) is 13.0. The summed E-state index contributed by atoms with van der Waals surface area (Å²) in [6, 6.07) is 6.21. The van der Waals surface area contributed by atoms with Crippen molar-refractivity contribution in [1.82, 2.24) is 5.32 Å². The van der Waals surface area contributed by atoms with E-state index in [0.29, 0.717) is 5.92 Å². The predicted molar refractivity (Wildman–Crippen MR) is 68.5 cm³/mol. The monoisotopic (exact) mass is 235 g/mol. The average Bonchev–Trinajstić information content (AvgIpc) is 2.84. The molecule has 2 N–H and O–H groups in total. The molecule has 0 aromatic heterocycles. The highest BCUT2D eigenvalue weighted by molar-refractivity contribution is 5.38. The maximum absolute atomic E-state index is 9.60. The molecule has 1 aliphatic heterocycles. The summed E-state index contributed by atoms with van der Waals surface area (Å²) in [5.41, 5.74) is 2.36. The number of hydrogen-bond donors (Lipinski definition) is 2. The van der Waals surface area contributed by atoms with Crippen molar-refractivity contribution in [3.63, 3.8) is 0 Å². The summed E-state index contributed by atoms with van der Waals surface area (Å²) in [6.07, 6.45) is 1.15. The van der Waals surface area contributed by atoms with Gasteiger partial charge in [-0.2, -0.15) is 0 Å². The van der Waals surface area contributed by atoms with Gasteiger partial charge < -0.3 is 15.2 Å². The largest absolute Gasteiger partial charge is 0.496 e. The third-order valence-electron chi connectivity index (χ3n) is 3.71. The van der Waals surface area contributed by atoms with E-state index in [1.807, 2.05) is 13.0 Å². The van der Waals surface area contributed by atoms with Gasteiger partial charge in [0.1, 0.15) is 5.75 Å². The molecule has 0 amide bonds. The van der Waals surface area contributed by atoms with Crippen LogP contribution in [0.2, 0.25) is 0 Å². The molecular formula is C14H21NO2. The second-order valence-corrected chi connectivity index (χ2v) is 4.77. The van der Waals surface area contributed by atoms with Gasteiger partial charge in [0, 0.05) is 5.92 Å². The molecule has 1 heterocycles. The van der Waals surface area contributed by atoms with Crippen LogP contribution in [-0.2, 0) is 0 Å². The molecule has 1 saturated heterocycles. The Morgan fingerprint density at radius 3 is 2.88 bits per heavy atom. The summed E-state index contributed by atoms with van der Waals surface area (Å²) in [6.45, 7) is 4.34. The highest BCUT2D eigenvalue weighted by Crippen LogP contribution is 2.31. The fourth-order valence-corrected chi connectivity index (χ4v) is 2.68. The third-order valence-corrected chi connectivity index (χ3v) is 3.71. The van der Waals surface area contributed by atoms with Crippen molar-refractivity contribution in [1.29, 1.82) is 0 Å². The van der Waals surface area contributed by atoms with Crippen molar-refractivity contribution in [2.45, 2.75) is 19.3 Å². The second-order valence-electron chi connectivity index (χ2n) is 4.77. The van der Waals surface area contributed by atoms with Crippen molar-refractivity contribution >= 4 is 0 Å². The fourth-order valence-electron chi connectivity index (χ4n) is 2.68. The molecule has 0 saturated carbocycles. The van der Waals surface area contributed by atoms with Crippen LogP contribution >= 0.6 is 0 Å². The molecule has 1 fully saturated rings. The standard InChI is InChI=1S/C14H21NO2/c1-10-7-11(3-4-14(10)17-2)13(9-16)12-5-6-15-8-12/h3-4,7,12-13,15-16H,5-6,8-9H2,1-2H3. The molecule has 0 aliphatic carbocycles. The number of aryl methyl sites for hydroxylation is 1. The Kier molecular flexibility index (Phi) is 4.02. The molecule has 3 nitrogen and oxygen atoms in total. The van der Waals surface area contributed by atoms with Crippen LogP contribution in [0, 0.1) is 12.8 Å². The van der Waals surface area contributed by atoms with Crippen molar-refractivity contribution < 1.29 is 9.84 Å². The Labute approximate surface area is 103 Å². The van der Waals surface area contributed by atoms with Gasteiger partial charge in [-0.25, -0.2) is 0 Å². The molecule has 2 unspecified atom stereocenters. The van der Waals surface area contributed by atoms with E-state index in [4.69, 9.17) is 4.74 Å². The first kappa shape index (κ1) is 12.4. The lowest BCUT2D eigenvalue weighted by molar-refractivity contribution is 0.230. The molecule has 0 radical (unpaired) electrons. The van der Waals surface area contributed by atoms with Gasteiger partial charge in [-0.15, -0.1) is 0 Å². The van der Waals surface area contributed by atoms with Crippen LogP contribution in [0.5, 0.6) is 5.75 Å². The topological polar surface area (TPSA) is 41.5 Å². The molecule has 17 heavy (non-hydrogen) atoms. The number of aliphatic hydroxyl groups is 1. The minimum Gasteiger partial charge on any atom is -0.496 e. The number of nitrogens with one attached hydrogen (secondary N) is 1. The van der Waals surface area contributed by atoms with E-state index >= 15 is 0 Å². The Hall–Kier alpha value is -1.06. The lowest BCUT2D eigenvalue weighted by atomic mass is 9.85. The molecular weight excluding hydrogens is 214 g/mol. The van der Waals surface area contributed by atoms with Gasteiger partial charge in [0.15, 0.2) is 0 Å². The quantitative estimate of drug-likeness (QED) is 0.834. The maximum Gasteiger partial charge on any atom is 0.121 e. The van der Waals surface area contributed by atoms with Gasteiger partial charge in [0.25, 0.3) is 0 Å². The van der Waals surface area contributed by atoms with Gasteiger partial charge >= 0.3 is 0 Å². The number of ether oxygens (including phenoxy) is 1. The zero-order valence-corrected chi connectivity index (χ0v) is 10.6. The summed E-state index contributed by atoms with van der Waals surface area (Å²) >= 11 is 0. The van der Waals surface area contributed by atoms with E-state index in [-0.39, 0.29) is 12.5 Å². The molecule has 1 aliphatic rings. The van der Waals surface area contributed by atoms with E-state index in [1.54, 1.807) is 7.11 Å². The molecule has 94 valence electrons. The molecule has 1 aromatic carbocycles. The van der Waals surface area contributed by atoms with Crippen LogP contribution in [0.15, 0.2) is 18.2 Å². The Balaban J connectivity index is 2.21. The SMILES string of the molecule is COc1ccc(C(CO)C2CCNC2)cc1C. The second kappa shape index (κ2) is 5.52. The molecule has 1 aromatic rings. The van der Waals surface area contributed by atoms with Crippen LogP contribution in [0.25, 0.3) is 0 Å². The van der Waals surface area contributed by atoms with Gasteiger partial charge in [-0.1, -0.05) is 12.1 Å². The number of rotatable bonds is 4. The van der Waals surface area contributed by atoms with Gasteiger partial charge in [-0.3, -0.25) is 0 Å². The van der Waals surface area contributed by atoms with Crippen LogP contribution in [0.4, 0.5) is 0 Å². The van der Waals surface area contributed by atoms with Gasteiger partial charge in [0.2, 0.25) is 0 Å². The van der Waals surface area contributed by atoms with Crippen LogP contribution in [-0.4, -0.2) is 31.9 Å². The summed E-state index contributed by atoms with van der Waals surface area (Å²) in [5.74, 6) is 1.71. The fraction of sp³-hybridized carbons (Fsp3) is 0.571. The number of benzene rings is 1. The van der Waals surface area contributed by atoms with Crippen molar-refractivity contribution in [3.05, 3.63) is 29.3 Å². The lowest BCUT2D eigenvalue weighted by Gasteiger charge is -2.22. The minimum atomic E-state index is 0.220. The molecule has 0 spiro atoms. The first-order valence-corrected chi connectivity index (χ1v) is 6.22. The molecule has 3 heteroatoms. The minimum absolute atomic E-state index is 0.220. The number of aliphatic hydroxyl groups excluding tert-OH is 1. The van der Waals surface area contributed by atoms with Crippen molar-refractivity contribution in [2.24, 2.45) is 5.92 Å². The average molecular weight is 235 g/mol. The zero-order valence-electron chi connectivity index (χ0n) is 10.6. The third kappa shape index (κ3) is 2.61. The Morgan fingerprint density at radius 1 is 1.53 bits per heavy atom. The predicted octanol–water partition coefficient (Wildman–Crippen LogP) is 1.69. The zero-order chi connectivity index (χ0) is 12.3. The smallest absolute Gasteiger partial charge is 0.121 e. The van der Waals surface area contributed by atoms with E-state index in [0.717, 1.165) is 30.8 Å².